The van der Waals surface area contributed by atoms with E-state index in [1.807, 2.05) is 23.1 Å². The minimum absolute atomic E-state index is 0.0644. The predicted molar refractivity (Wildman–Crippen MR) is 78.8 cm³/mol. The van der Waals surface area contributed by atoms with Crippen molar-refractivity contribution in [3.8, 4) is 11.5 Å². The van der Waals surface area contributed by atoms with Crippen molar-refractivity contribution in [3.05, 3.63) is 18.2 Å². The van der Waals surface area contributed by atoms with Crippen LogP contribution in [-0.2, 0) is 14.4 Å². The van der Waals surface area contributed by atoms with Crippen LogP contribution in [0.25, 0.3) is 0 Å². The summed E-state index contributed by atoms with van der Waals surface area (Å²) in [4.78, 5) is 1.91. The molecule has 0 bridgehead atoms. The Balaban J connectivity index is 1.70. The van der Waals surface area contributed by atoms with E-state index in [9.17, 15) is 8.76 Å². The molecule has 0 spiro atoms. The van der Waals surface area contributed by atoms with Gasteiger partial charge in [-0.15, -0.1) is 0 Å². The van der Waals surface area contributed by atoms with Crippen molar-refractivity contribution in [2.24, 2.45) is 0 Å². The van der Waals surface area contributed by atoms with E-state index in [0.29, 0.717) is 16.6 Å². The van der Waals surface area contributed by atoms with Crippen LogP contribution in [0, 0.1) is 0 Å². The monoisotopic (exact) mass is 313 g/mol. The van der Waals surface area contributed by atoms with Crippen LogP contribution in [0.2, 0.25) is 0 Å². The highest BCUT2D eigenvalue weighted by atomic mass is 32.3. The van der Waals surface area contributed by atoms with Crippen molar-refractivity contribution < 1.29 is 18.2 Å². The summed E-state index contributed by atoms with van der Waals surface area (Å²) >= 11 is 5.35. The molecule has 2 N–H and O–H groups in total. The molecule has 3 heterocycles. The zero-order valence-corrected chi connectivity index (χ0v) is 12.1. The van der Waals surface area contributed by atoms with Crippen LogP contribution >= 0.6 is 12.2 Å². The molecule has 20 heavy (non-hydrogen) atoms. The van der Waals surface area contributed by atoms with E-state index in [1.165, 1.54) is 0 Å². The van der Waals surface area contributed by atoms with Gasteiger partial charge in [-0.05, 0) is 24.4 Å². The Labute approximate surface area is 122 Å². The molecule has 2 fully saturated rings. The molecule has 3 aliphatic rings. The van der Waals surface area contributed by atoms with Crippen LogP contribution < -0.4 is 19.7 Å². The molecule has 0 radical (unpaired) electrons. The average Bonchev–Trinajstić information content (AvgIpc) is 3.00. The summed E-state index contributed by atoms with van der Waals surface area (Å²) in [6, 6.07) is 5.43. The molecule has 106 valence electrons. The fraction of sp³-hybridized carbons (Fsp3) is 0.417. The number of rotatable bonds is 1. The van der Waals surface area contributed by atoms with Gasteiger partial charge < -0.3 is 19.7 Å². The van der Waals surface area contributed by atoms with Gasteiger partial charge in [-0.3, -0.25) is 0 Å². The summed E-state index contributed by atoms with van der Waals surface area (Å²) in [5.74, 6) is 1.87. The molecule has 1 aromatic rings. The van der Waals surface area contributed by atoms with Crippen LogP contribution in [0.15, 0.2) is 18.2 Å². The maximum Gasteiger partial charge on any atom is 0.231 e. The lowest BCUT2D eigenvalue weighted by atomic mass is 10.1. The van der Waals surface area contributed by atoms with Crippen LogP contribution in [-0.4, -0.2) is 40.0 Å². The lowest BCUT2D eigenvalue weighted by Gasteiger charge is -2.22. The number of anilines is 1. The molecule has 1 unspecified atom stereocenters. The van der Waals surface area contributed by atoms with E-state index in [2.05, 4.69) is 5.32 Å². The number of ether oxygens (including phenoxy) is 2. The minimum Gasteiger partial charge on any atom is -0.454 e. The van der Waals surface area contributed by atoms with Gasteiger partial charge in [0.1, 0.15) is 12.1 Å². The Morgan fingerprint density at radius 3 is 3.00 bits per heavy atom. The maximum absolute atomic E-state index is 11.9. The number of fused-ring (bicyclic) bond motifs is 2. The first-order valence-corrected chi connectivity index (χ1v) is 8.51. The Kier molecular flexibility index (Phi) is 2.51. The third-order valence-corrected chi connectivity index (χ3v) is 5.89. The Morgan fingerprint density at radius 2 is 2.15 bits per heavy atom. The van der Waals surface area contributed by atoms with Gasteiger partial charge in [0.05, 0.1) is 0 Å². The summed E-state index contributed by atoms with van der Waals surface area (Å²) in [6.45, 7) is 0.220. The zero-order valence-electron chi connectivity index (χ0n) is 10.4. The first-order chi connectivity index (χ1) is 9.53. The van der Waals surface area contributed by atoms with Gasteiger partial charge in [-0.2, -0.15) is 4.55 Å². The fourth-order valence-corrected chi connectivity index (χ4v) is 5.27. The van der Waals surface area contributed by atoms with Gasteiger partial charge in [0.25, 0.3) is 0 Å². The minimum atomic E-state index is -2.75. The number of benzene rings is 1. The van der Waals surface area contributed by atoms with Gasteiger partial charge in [0, 0.05) is 11.8 Å². The van der Waals surface area contributed by atoms with Crippen LogP contribution in [0.5, 0.6) is 11.5 Å². The molecular weight excluding hydrogens is 300 g/mol. The maximum atomic E-state index is 11.9. The van der Waals surface area contributed by atoms with E-state index in [0.717, 1.165) is 5.69 Å². The summed E-state index contributed by atoms with van der Waals surface area (Å²) < 4.78 is 32.3. The molecule has 2 saturated heterocycles. The van der Waals surface area contributed by atoms with E-state index in [4.69, 9.17) is 21.7 Å². The van der Waals surface area contributed by atoms with Crippen molar-refractivity contribution in [2.45, 2.75) is 12.1 Å². The zero-order chi connectivity index (χ0) is 13.9. The quantitative estimate of drug-likeness (QED) is 0.588. The molecule has 0 aromatic heterocycles. The summed E-state index contributed by atoms with van der Waals surface area (Å²) in [7, 11) is -2.75. The van der Waals surface area contributed by atoms with E-state index >= 15 is 0 Å². The Morgan fingerprint density at radius 1 is 1.35 bits per heavy atom. The molecule has 8 heteroatoms. The molecule has 0 saturated carbocycles. The van der Waals surface area contributed by atoms with Crippen molar-refractivity contribution in [1.29, 1.82) is 0 Å². The lowest BCUT2D eigenvalue weighted by molar-refractivity contribution is 0.174. The molecule has 1 aromatic carbocycles. The number of hydrogen-bond donors (Lipinski definition) is 2. The second kappa shape index (κ2) is 4.06. The number of thiocarbonyl (C=S) groups is 1. The third-order valence-electron chi connectivity index (χ3n) is 3.83. The smallest absolute Gasteiger partial charge is 0.231 e. The second-order valence-electron chi connectivity index (χ2n) is 5.14. The first-order valence-electron chi connectivity index (χ1n) is 6.25. The number of hydrogen-bond acceptors (Lipinski definition) is 4. The molecule has 3 aliphatic heterocycles. The average molecular weight is 313 g/mol. The summed E-state index contributed by atoms with van der Waals surface area (Å²) in [5.41, 5.74) is 0.858. The van der Waals surface area contributed by atoms with E-state index in [1.54, 1.807) is 0 Å². The summed E-state index contributed by atoms with van der Waals surface area (Å²) in [5, 5.41) is 3.73. The number of nitrogens with zero attached hydrogens (tertiary/aromatic N) is 1. The SMILES string of the molecule is O=[S+]1(O)C[C@@H]2[C@@H](C1)NC(=S)N2c1ccc2c(c1)OCO2. The molecule has 0 aliphatic carbocycles. The Hall–Kier alpha value is -1.38. The van der Waals surface area contributed by atoms with Gasteiger partial charge in [-0.25, -0.2) is 0 Å². The Bertz CT molecular complexity index is 650. The van der Waals surface area contributed by atoms with E-state index in [-0.39, 0.29) is 30.4 Å². The van der Waals surface area contributed by atoms with Gasteiger partial charge >= 0.3 is 0 Å². The second-order valence-corrected chi connectivity index (χ2v) is 7.74. The topological polar surface area (TPSA) is 71.0 Å². The van der Waals surface area contributed by atoms with Gasteiger partial charge in [0.15, 0.2) is 28.1 Å². The van der Waals surface area contributed by atoms with Crippen LogP contribution in [0.3, 0.4) is 0 Å². The van der Waals surface area contributed by atoms with Crippen molar-refractivity contribution in [2.75, 3.05) is 23.2 Å². The van der Waals surface area contributed by atoms with Gasteiger partial charge in [-0.1, -0.05) is 4.21 Å². The highest BCUT2D eigenvalue weighted by Crippen LogP contribution is 2.38. The largest absolute Gasteiger partial charge is 0.454 e. The third kappa shape index (κ3) is 1.79. The highest BCUT2D eigenvalue weighted by Gasteiger charge is 2.54. The summed E-state index contributed by atoms with van der Waals surface area (Å²) in [6.07, 6.45) is 0. The predicted octanol–water partition coefficient (Wildman–Crippen LogP) is 0.833. The first kappa shape index (κ1) is 12.4. The lowest BCUT2D eigenvalue weighted by Crippen LogP contribution is -2.37. The van der Waals surface area contributed by atoms with Gasteiger partial charge in [0.2, 0.25) is 17.0 Å². The fourth-order valence-electron chi connectivity index (χ4n) is 2.96. The molecule has 0 amide bonds. The highest BCUT2D eigenvalue weighted by molar-refractivity contribution is 7.98. The van der Waals surface area contributed by atoms with E-state index < -0.39 is 10.2 Å². The normalized spacial score (nSPS) is 34.2. The van der Waals surface area contributed by atoms with Crippen molar-refractivity contribution >= 4 is 33.2 Å². The van der Waals surface area contributed by atoms with Crippen LogP contribution in [0.4, 0.5) is 5.69 Å². The van der Waals surface area contributed by atoms with Crippen LogP contribution in [0.1, 0.15) is 0 Å². The standard InChI is InChI=1S/C12H12N2O4S2/c15-20(16)4-8-9(5-20)14(12(19)13-8)7-1-2-10-11(3-7)18-6-17-10/h1-3,8-9H,4-6H2,(H-,13,15,16,19)/p+1/t8-,9-/m1/s1. The van der Waals surface area contributed by atoms with Crippen molar-refractivity contribution in [1.82, 2.24) is 5.32 Å². The molecule has 3 atom stereocenters. The molecule has 6 nitrogen and oxygen atoms in total. The molecule has 4 rings (SSSR count). The number of nitrogens with one attached hydrogen (secondary N) is 1. The van der Waals surface area contributed by atoms with Crippen molar-refractivity contribution in [3.63, 3.8) is 0 Å². The molecular formula is C12H13N2O4S2+.